The summed E-state index contributed by atoms with van der Waals surface area (Å²) in [5.74, 6) is 0.0516. The van der Waals surface area contributed by atoms with E-state index in [1.54, 1.807) is 11.0 Å². The Labute approximate surface area is 115 Å². The summed E-state index contributed by atoms with van der Waals surface area (Å²) in [5.41, 5.74) is 8.16. The highest BCUT2D eigenvalue weighted by atomic mass is 16.2. The maximum atomic E-state index is 12.4. The molecule has 1 amide bonds. The average molecular weight is 261 g/mol. The first-order chi connectivity index (χ1) is 8.97. The second kappa shape index (κ2) is 5.61. The lowest BCUT2D eigenvalue weighted by Crippen LogP contribution is -2.39. The Kier molecular flexibility index (Phi) is 4.10. The second-order valence-electron chi connectivity index (χ2n) is 5.59. The molecule has 0 spiro atoms. The van der Waals surface area contributed by atoms with Gasteiger partial charge >= 0.3 is 0 Å². The molecule has 4 heteroatoms. The maximum absolute atomic E-state index is 12.4. The van der Waals surface area contributed by atoms with Crippen LogP contribution in [0.4, 0.5) is 5.69 Å². The van der Waals surface area contributed by atoms with Crippen LogP contribution < -0.4 is 5.73 Å². The van der Waals surface area contributed by atoms with Crippen LogP contribution in [0.3, 0.4) is 0 Å². The van der Waals surface area contributed by atoms with Gasteiger partial charge in [-0.1, -0.05) is 0 Å². The molecule has 2 rings (SSSR count). The molecule has 0 bridgehead atoms. The maximum Gasteiger partial charge on any atom is 0.253 e. The molecule has 0 aromatic heterocycles. The van der Waals surface area contributed by atoms with E-state index in [2.05, 4.69) is 11.9 Å². The monoisotopic (exact) mass is 261 g/mol. The molecule has 1 aromatic carbocycles. The van der Waals surface area contributed by atoms with Gasteiger partial charge in [-0.3, -0.25) is 4.79 Å². The van der Waals surface area contributed by atoms with Crippen LogP contribution >= 0.6 is 0 Å². The molecule has 0 aliphatic carbocycles. The number of nitrogen functional groups attached to an aromatic ring is 1. The van der Waals surface area contributed by atoms with Crippen molar-refractivity contribution in [3.05, 3.63) is 29.3 Å². The van der Waals surface area contributed by atoms with Gasteiger partial charge < -0.3 is 15.5 Å². The summed E-state index contributed by atoms with van der Waals surface area (Å²) in [5, 5.41) is 0. The van der Waals surface area contributed by atoms with Crippen molar-refractivity contribution in [2.24, 2.45) is 0 Å². The largest absolute Gasteiger partial charge is 0.399 e. The Morgan fingerprint density at radius 1 is 1.47 bits per heavy atom. The van der Waals surface area contributed by atoms with E-state index in [1.165, 1.54) is 12.8 Å². The van der Waals surface area contributed by atoms with E-state index >= 15 is 0 Å². The van der Waals surface area contributed by atoms with E-state index < -0.39 is 0 Å². The number of anilines is 1. The Bertz CT molecular complexity index is 452. The molecular weight excluding hydrogens is 238 g/mol. The van der Waals surface area contributed by atoms with Gasteiger partial charge in [-0.15, -0.1) is 0 Å². The Balaban J connectivity index is 2.06. The Morgan fingerprint density at radius 2 is 2.21 bits per heavy atom. The van der Waals surface area contributed by atoms with Crippen LogP contribution in [0.15, 0.2) is 18.2 Å². The average Bonchev–Trinajstić information content (AvgIpc) is 2.72. The molecule has 1 atom stereocenters. The summed E-state index contributed by atoms with van der Waals surface area (Å²) in [6.07, 6.45) is 2.39. The third-order valence-electron chi connectivity index (χ3n) is 3.85. The van der Waals surface area contributed by atoms with Gasteiger partial charge in [0.2, 0.25) is 0 Å². The fraction of sp³-hybridized carbons (Fsp3) is 0.533. The number of carbonyl (C=O) groups excluding carboxylic acids is 1. The number of benzene rings is 1. The van der Waals surface area contributed by atoms with Gasteiger partial charge in [-0.2, -0.15) is 0 Å². The summed E-state index contributed by atoms with van der Waals surface area (Å²) in [6.45, 7) is 3.87. The number of nitrogens with two attached hydrogens (primary N) is 1. The highest BCUT2D eigenvalue weighted by molar-refractivity contribution is 5.95. The third-order valence-corrected chi connectivity index (χ3v) is 3.85. The lowest BCUT2D eigenvalue weighted by atomic mass is 10.1. The molecule has 1 aliphatic rings. The summed E-state index contributed by atoms with van der Waals surface area (Å²) in [4.78, 5) is 16.5. The van der Waals surface area contributed by atoms with Crippen LogP contribution in [0.1, 0.15) is 28.8 Å². The van der Waals surface area contributed by atoms with Crippen LogP contribution in [-0.4, -0.2) is 48.9 Å². The quantitative estimate of drug-likeness (QED) is 0.843. The predicted molar refractivity (Wildman–Crippen MR) is 78.2 cm³/mol. The van der Waals surface area contributed by atoms with E-state index in [0.29, 0.717) is 17.3 Å². The molecule has 19 heavy (non-hydrogen) atoms. The predicted octanol–water partition coefficient (Wildman–Crippen LogP) is 1.74. The first-order valence-electron chi connectivity index (χ1n) is 6.80. The molecule has 1 unspecified atom stereocenters. The first-order valence-corrected chi connectivity index (χ1v) is 6.80. The zero-order chi connectivity index (χ0) is 14.0. The first kappa shape index (κ1) is 13.9. The van der Waals surface area contributed by atoms with Crippen molar-refractivity contribution in [3.8, 4) is 0 Å². The van der Waals surface area contributed by atoms with Crippen LogP contribution in [0.25, 0.3) is 0 Å². The minimum Gasteiger partial charge on any atom is -0.399 e. The van der Waals surface area contributed by atoms with Crippen molar-refractivity contribution in [1.82, 2.24) is 9.80 Å². The number of rotatable bonds is 3. The summed E-state index contributed by atoms with van der Waals surface area (Å²) in [6, 6.07) is 6.01. The molecule has 104 valence electrons. The number of carbonyl (C=O) groups is 1. The lowest BCUT2D eigenvalue weighted by molar-refractivity contribution is 0.0761. The van der Waals surface area contributed by atoms with Crippen molar-refractivity contribution >= 4 is 11.6 Å². The highest BCUT2D eigenvalue weighted by Crippen LogP contribution is 2.17. The number of nitrogens with zero attached hydrogens (tertiary/aromatic N) is 2. The van der Waals surface area contributed by atoms with Crippen LogP contribution in [0, 0.1) is 6.92 Å². The van der Waals surface area contributed by atoms with Crippen molar-refractivity contribution in [2.45, 2.75) is 25.8 Å². The van der Waals surface area contributed by atoms with Crippen molar-refractivity contribution < 1.29 is 4.79 Å². The number of hydrogen-bond donors (Lipinski definition) is 1. The smallest absolute Gasteiger partial charge is 0.253 e. The molecule has 1 heterocycles. The zero-order valence-corrected chi connectivity index (χ0v) is 12.0. The Morgan fingerprint density at radius 3 is 2.79 bits per heavy atom. The van der Waals surface area contributed by atoms with Gasteiger partial charge in [-0.25, -0.2) is 0 Å². The fourth-order valence-corrected chi connectivity index (χ4v) is 2.77. The number of likely N-dealkylation sites (tertiary alicyclic amines) is 1. The minimum atomic E-state index is 0.0516. The van der Waals surface area contributed by atoms with E-state index in [9.17, 15) is 4.79 Å². The number of hydrogen-bond acceptors (Lipinski definition) is 3. The highest BCUT2D eigenvalue weighted by Gasteiger charge is 2.24. The van der Waals surface area contributed by atoms with Gasteiger partial charge in [-0.05, 0) is 57.1 Å². The number of amides is 1. The van der Waals surface area contributed by atoms with E-state index in [0.717, 1.165) is 18.7 Å². The van der Waals surface area contributed by atoms with Gasteiger partial charge in [0, 0.05) is 30.9 Å². The molecule has 1 aliphatic heterocycles. The van der Waals surface area contributed by atoms with Gasteiger partial charge in [0.25, 0.3) is 5.91 Å². The molecule has 1 aromatic rings. The standard InChI is InChI=1S/C15H23N3O/c1-11-7-12(9-13(16)8-11)15(19)18(3)10-14-5-4-6-17(14)2/h7-9,14H,4-6,10,16H2,1-3H3. The molecule has 1 saturated heterocycles. The van der Waals surface area contributed by atoms with Crippen LogP contribution in [0.2, 0.25) is 0 Å². The molecule has 1 fully saturated rings. The summed E-state index contributed by atoms with van der Waals surface area (Å²) >= 11 is 0. The third kappa shape index (κ3) is 3.26. The van der Waals surface area contributed by atoms with Gasteiger partial charge in [0.05, 0.1) is 0 Å². The SMILES string of the molecule is Cc1cc(N)cc(C(=O)N(C)CC2CCCN2C)c1. The van der Waals surface area contributed by atoms with Crippen molar-refractivity contribution in [1.29, 1.82) is 0 Å². The summed E-state index contributed by atoms with van der Waals surface area (Å²) in [7, 11) is 3.99. The normalized spacial score (nSPS) is 19.6. The van der Waals surface area contributed by atoms with Gasteiger partial charge in [0.15, 0.2) is 0 Å². The van der Waals surface area contributed by atoms with E-state index in [1.807, 2.05) is 26.1 Å². The molecular formula is C15H23N3O. The topological polar surface area (TPSA) is 49.6 Å². The molecule has 4 nitrogen and oxygen atoms in total. The van der Waals surface area contributed by atoms with Gasteiger partial charge in [0.1, 0.15) is 0 Å². The fourth-order valence-electron chi connectivity index (χ4n) is 2.77. The Hall–Kier alpha value is -1.55. The van der Waals surface area contributed by atoms with Crippen LogP contribution in [0.5, 0.6) is 0 Å². The van der Waals surface area contributed by atoms with E-state index in [4.69, 9.17) is 5.73 Å². The lowest BCUT2D eigenvalue weighted by Gasteiger charge is -2.26. The minimum absolute atomic E-state index is 0.0516. The van der Waals surface area contributed by atoms with Crippen LogP contribution in [-0.2, 0) is 0 Å². The molecule has 2 N–H and O–H groups in total. The number of aryl methyl sites for hydroxylation is 1. The zero-order valence-electron chi connectivity index (χ0n) is 12.0. The van der Waals surface area contributed by atoms with E-state index in [-0.39, 0.29) is 5.91 Å². The molecule has 0 radical (unpaired) electrons. The summed E-state index contributed by atoms with van der Waals surface area (Å²) < 4.78 is 0. The molecule has 0 saturated carbocycles. The van der Waals surface area contributed by atoms with Crippen molar-refractivity contribution in [3.63, 3.8) is 0 Å². The second-order valence-corrected chi connectivity index (χ2v) is 5.59. The number of likely N-dealkylation sites (N-methyl/N-ethyl adjacent to an activating group) is 2. The van der Waals surface area contributed by atoms with Crippen molar-refractivity contribution in [2.75, 3.05) is 32.9 Å².